The monoisotopic (exact) mass is 332 g/mol. The zero-order valence-corrected chi connectivity index (χ0v) is 11.5. The smallest absolute Gasteiger partial charge is 0.322 e. The average Bonchev–Trinajstić information content (AvgIpc) is 2.48. The molecule has 0 N–H and O–H groups in total. The molecule has 0 aromatic heterocycles. The molecule has 0 aromatic carbocycles. The largest absolute Gasteiger partial charge is 0.448 e. The third-order valence-electron chi connectivity index (χ3n) is 5.43. The molecule has 4 rings (SSSR count). The van der Waals surface area contributed by atoms with Crippen molar-refractivity contribution in [3.05, 3.63) is 12.7 Å². The molecule has 0 aromatic rings. The summed E-state index contributed by atoms with van der Waals surface area (Å²) in [5.41, 5.74) is -4.25. The molecule has 0 spiro atoms. The number of ether oxygens (including phenoxy) is 1. The average molecular weight is 332 g/mol. The second kappa shape index (κ2) is 4.19. The minimum atomic E-state index is -5.50. The van der Waals surface area contributed by atoms with E-state index in [1.807, 2.05) is 0 Å². The fraction of sp³-hybridized carbons (Fsp3) is 0.857. The van der Waals surface area contributed by atoms with Crippen molar-refractivity contribution < 1.29 is 35.5 Å². The second-order valence-electron chi connectivity index (χ2n) is 6.89. The first-order chi connectivity index (χ1) is 9.87. The van der Waals surface area contributed by atoms with Crippen LogP contribution in [0.2, 0.25) is 0 Å². The summed E-state index contributed by atoms with van der Waals surface area (Å²) < 4.78 is 99.1. The number of halogens is 7. The molecule has 5 atom stereocenters. The molecule has 2 heterocycles. The zero-order valence-electron chi connectivity index (χ0n) is 11.5. The van der Waals surface area contributed by atoms with Crippen LogP contribution in [0.4, 0.5) is 30.7 Å². The summed E-state index contributed by atoms with van der Waals surface area (Å²) in [5.74, 6) is -6.54. The van der Waals surface area contributed by atoms with Crippen LogP contribution in [0, 0.1) is 17.3 Å². The van der Waals surface area contributed by atoms with Crippen LogP contribution < -0.4 is 0 Å². The Morgan fingerprint density at radius 2 is 1.64 bits per heavy atom. The van der Waals surface area contributed by atoms with Crippen molar-refractivity contribution in [1.82, 2.24) is 0 Å². The number of rotatable bonds is 1. The molecule has 5 unspecified atom stereocenters. The van der Waals surface area contributed by atoms with Gasteiger partial charge in [-0.25, -0.2) is 4.39 Å². The van der Waals surface area contributed by atoms with Gasteiger partial charge in [0.15, 0.2) is 5.60 Å². The summed E-state index contributed by atoms with van der Waals surface area (Å²) >= 11 is 0. The van der Waals surface area contributed by atoms with Gasteiger partial charge in [-0.2, -0.15) is 26.3 Å². The van der Waals surface area contributed by atoms with E-state index in [0.29, 0.717) is 6.42 Å². The van der Waals surface area contributed by atoms with E-state index in [9.17, 15) is 30.7 Å². The minimum absolute atomic E-state index is 0.247. The molecule has 1 nitrogen and oxygen atoms in total. The van der Waals surface area contributed by atoms with Crippen molar-refractivity contribution in [2.75, 3.05) is 0 Å². The predicted molar refractivity (Wildman–Crippen MR) is 62.5 cm³/mol. The Balaban J connectivity index is 2.18. The van der Waals surface area contributed by atoms with Gasteiger partial charge in [0, 0.05) is 5.92 Å². The summed E-state index contributed by atoms with van der Waals surface area (Å²) in [6, 6.07) is 0. The number of hydrogen-bond donors (Lipinski definition) is 0. The van der Waals surface area contributed by atoms with E-state index in [2.05, 4.69) is 11.3 Å². The molecule has 2 aliphatic heterocycles. The van der Waals surface area contributed by atoms with Crippen molar-refractivity contribution in [3.8, 4) is 0 Å². The Labute approximate surface area is 122 Å². The van der Waals surface area contributed by atoms with Crippen LogP contribution in [-0.4, -0.2) is 23.8 Å². The van der Waals surface area contributed by atoms with Gasteiger partial charge >= 0.3 is 18.2 Å². The molecular weight excluding hydrogens is 317 g/mol. The molecular formula is C14H15F7O. The van der Waals surface area contributed by atoms with Gasteiger partial charge in [0.05, 0.1) is 0 Å². The lowest BCUT2D eigenvalue weighted by Gasteiger charge is -2.50. The molecule has 0 radical (unpaired) electrons. The second-order valence-corrected chi connectivity index (χ2v) is 6.89. The molecule has 2 saturated heterocycles. The topological polar surface area (TPSA) is 9.23 Å². The van der Waals surface area contributed by atoms with Crippen molar-refractivity contribution in [3.63, 3.8) is 0 Å². The van der Waals surface area contributed by atoms with E-state index in [1.54, 1.807) is 0 Å². The predicted octanol–water partition coefficient (Wildman–Crippen LogP) is 4.93. The molecule has 4 fully saturated rings. The first-order valence-electron chi connectivity index (χ1n) is 7.03. The summed E-state index contributed by atoms with van der Waals surface area (Å²) in [4.78, 5) is 0. The van der Waals surface area contributed by atoms with Crippen molar-refractivity contribution in [1.29, 1.82) is 0 Å². The minimum Gasteiger partial charge on any atom is -0.322 e. The molecule has 4 bridgehead atoms. The zero-order chi connectivity index (χ0) is 16.6. The van der Waals surface area contributed by atoms with Crippen LogP contribution in [0.5, 0.6) is 0 Å². The van der Waals surface area contributed by atoms with Crippen molar-refractivity contribution in [2.45, 2.75) is 55.9 Å². The van der Waals surface area contributed by atoms with Gasteiger partial charge in [0.25, 0.3) is 0 Å². The molecule has 126 valence electrons. The van der Waals surface area contributed by atoms with E-state index in [4.69, 9.17) is 0 Å². The van der Waals surface area contributed by atoms with Gasteiger partial charge in [-0.3, -0.25) is 0 Å². The van der Waals surface area contributed by atoms with Gasteiger partial charge in [0.2, 0.25) is 0 Å². The molecule has 4 aliphatic rings. The van der Waals surface area contributed by atoms with Crippen LogP contribution >= 0.6 is 0 Å². The molecule has 22 heavy (non-hydrogen) atoms. The first-order valence-corrected chi connectivity index (χ1v) is 7.03. The van der Waals surface area contributed by atoms with E-state index in [0.717, 1.165) is 0 Å². The number of allylic oxidation sites excluding steroid dienone is 1. The molecule has 8 heteroatoms. The fourth-order valence-electron chi connectivity index (χ4n) is 4.66. The highest BCUT2D eigenvalue weighted by Gasteiger charge is 2.76. The van der Waals surface area contributed by atoms with Gasteiger partial charge in [-0.05, 0) is 43.4 Å². The van der Waals surface area contributed by atoms with Crippen molar-refractivity contribution in [2.24, 2.45) is 17.3 Å². The van der Waals surface area contributed by atoms with E-state index >= 15 is 0 Å². The first kappa shape index (κ1) is 16.1. The number of fused-ring (bicyclic) bond motifs is 1. The van der Waals surface area contributed by atoms with E-state index in [1.165, 1.54) is 6.08 Å². The SMILES string of the molecule is C=CC12CC3CC(C1)C(F)(C(F)(F)F)OC(C(F)(F)F)(C3)C2. The summed E-state index contributed by atoms with van der Waals surface area (Å²) in [5, 5.41) is 0. The standard InChI is InChI=1S/C14H15F7O/c1-2-10-4-8-3-9(6-10)12(15,14(19,20)21)22-11(5-8,7-10)13(16,17)18/h2,8-9H,1,3-7H2. The lowest BCUT2D eigenvalue weighted by molar-refractivity contribution is -0.410. The lowest BCUT2D eigenvalue weighted by Crippen LogP contribution is -2.58. The Morgan fingerprint density at radius 3 is 2.14 bits per heavy atom. The summed E-state index contributed by atoms with van der Waals surface area (Å²) in [7, 11) is 0. The van der Waals surface area contributed by atoms with Gasteiger partial charge in [0.1, 0.15) is 0 Å². The highest BCUT2D eigenvalue weighted by Crippen LogP contribution is 2.67. The number of hydrogen-bond acceptors (Lipinski definition) is 1. The van der Waals surface area contributed by atoms with E-state index in [-0.39, 0.29) is 12.8 Å². The quantitative estimate of drug-likeness (QED) is 0.489. The summed E-state index contributed by atoms with van der Waals surface area (Å²) in [6.45, 7) is 3.49. The third kappa shape index (κ3) is 1.95. The highest BCUT2D eigenvalue weighted by molar-refractivity contribution is 5.16. The van der Waals surface area contributed by atoms with Crippen LogP contribution in [0.25, 0.3) is 0 Å². The molecule has 2 aliphatic carbocycles. The third-order valence-corrected chi connectivity index (χ3v) is 5.43. The van der Waals surface area contributed by atoms with Crippen LogP contribution in [-0.2, 0) is 4.74 Å². The fourth-order valence-corrected chi connectivity index (χ4v) is 4.66. The van der Waals surface area contributed by atoms with Gasteiger partial charge < -0.3 is 4.74 Å². The molecule has 2 saturated carbocycles. The van der Waals surface area contributed by atoms with Crippen molar-refractivity contribution >= 4 is 0 Å². The number of alkyl halides is 7. The Kier molecular flexibility index (Phi) is 3.06. The van der Waals surface area contributed by atoms with E-state index < -0.39 is 53.9 Å². The van der Waals surface area contributed by atoms with Gasteiger partial charge in [-0.1, -0.05) is 6.08 Å². The van der Waals surface area contributed by atoms with Crippen LogP contribution in [0.15, 0.2) is 12.7 Å². The summed E-state index contributed by atoms with van der Waals surface area (Å²) in [6.07, 6.45) is -10.9. The Bertz CT molecular complexity index is 498. The van der Waals surface area contributed by atoms with Gasteiger partial charge in [-0.15, -0.1) is 6.58 Å². The van der Waals surface area contributed by atoms with Crippen LogP contribution in [0.3, 0.4) is 0 Å². The Morgan fingerprint density at radius 1 is 1.00 bits per heavy atom. The lowest BCUT2D eigenvalue weighted by atomic mass is 9.55. The maximum Gasteiger partial charge on any atom is 0.448 e. The Hall–Kier alpha value is -0.790. The van der Waals surface area contributed by atoms with Crippen LogP contribution in [0.1, 0.15) is 32.1 Å². The molecule has 0 amide bonds. The maximum absolute atomic E-state index is 14.7. The normalized spacial score (nSPS) is 48.3. The highest BCUT2D eigenvalue weighted by atomic mass is 19.4. The maximum atomic E-state index is 14.7.